The Balaban J connectivity index is 1.60. The van der Waals surface area contributed by atoms with E-state index in [2.05, 4.69) is 0 Å². The molecule has 0 spiro atoms. The minimum absolute atomic E-state index is 0.0363. The largest absolute Gasteiger partial charge is 0.493 e. The van der Waals surface area contributed by atoms with Gasteiger partial charge in [-0.1, -0.05) is 70.7 Å². The number of thioether (sulfide) groups is 1. The number of carbonyl (C=O) groups excluding carboxylic acids is 2. The molecule has 10 heteroatoms. The number of halogens is 4. The smallest absolute Gasteiger partial charge is 0.293 e. The zero-order chi connectivity index (χ0) is 25.1. The fourth-order valence-corrected chi connectivity index (χ4v) is 5.11. The number of ether oxygens (including phenoxy) is 2. The first-order valence-electron chi connectivity index (χ1n) is 10.2. The average molecular weight is 569 g/mol. The second kappa shape index (κ2) is 11.1. The molecule has 0 unspecified atom stereocenters. The van der Waals surface area contributed by atoms with Crippen molar-refractivity contribution in [2.75, 3.05) is 7.11 Å². The predicted molar refractivity (Wildman–Crippen MR) is 142 cm³/mol. The summed E-state index contributed by atoms with van der Waals surface area (Å²) in [6, 6.07) is 15.3. The van der Waals surface area contributed by atoms with E-state index in [1.165, 1.54) is 7.11 Å². The molecule has 0 saturated carbocycles. The van der Waals surface area contributed by atoms with Gasteiger partial charge in [0.25, 0.3) is 11.1 Å². The molecule has 5 nitrogen and oxygen atoms in total. The second-order valence-corrected chi connectivity index (χ2v) is 10.1. The molecule has 2 amide bonds. The van der Waals surface area contributed by atoms with Crippen LogP contribution in [0.1, 0.15) is 16.7 Å². The molecule has 1 heterocycles. The van der Waals surface area contributed by atoms with Crippen molar-refractivity contribution in [3.05, 3.63) is 96.3 Å². The summed E-state index contributed by atoms with van der Waals surface area (Å²) < 4.78 is 11.5. The molecular formula is C25H17Cl4NO4S. The molecule has 3 aromatic rings. The zero-order valence-corrected chi connectivity index (χ0v) is 22.0. The van der Waals surface area contributed by atoms with Gasteiger partial charge < -0.3 is 9.47 Å². The lowest BCUT2D eigenvalue weighted by Gasteiger charge is -2.15. The van der Waals surface area contributed by atoms with Gasteiger partial charge in [-0.15, -0.1) is 0 Å². The van der Waals surface area contributed by atoms with Crippen molar-refractivity contribution in [2.45, 2.75) is 13.2 Å². The Bertz CT molecular complexity index is 1350. The number of hydrogen-bond acceptors (Lipinski definition) is 5. The molecule has 3 aromatic carbocycles. The van der Waals surface area contributed by atoms with Crippen molar-refractivity contribution in [3.63, 3.8) is 0 Å². The maximum atomic E-state index is 13.1. The van der Waals surface area contributed by atoms with E-state index in [1.54, 1.807) is 60.7 Å². The molecular weight excluding hydrogens is 552 g/mol. The second-order valence-electron chi connectivity index (χ2n) is 7.41. The van der Waals surface area contributed by atoms with Crippen molar-refractivity contribution < 1.29 is 19.1 Å². The van der Waals surface area contributed by atoms with E-state index in [0.29, 0.717) is 42.7 Å². The molecule has 0 N–H and O–H groups in total. The normalized spacial score (nSPS) is 14.7. The molecule has 1 saturated heterocycles. The maximum Gasteiger partial charge on any atom is 0.293 e. The molecule has 1 fully saturated rings. The van der Waals surface area contributed by atoms with Crippen molar-refractivity contribution in [1.29, 1.82) is 0 Å². The van der Waals surface area contributed by atoms with Crippen LogP contribution in [0.25, 0.3) is 6.08 Å². The summed E-state index contributed by atoms with van der Waals surface area (Å²) in [5.41, 5.74) is 1.92. The van der Waals surface area contributed by atoms with Gasteiger partial charge in [-0.05, 0) is 53.7 Å². The highest BCUT2D eigenvalue weighted by molar-refractivity contribution is 8.18. The van der Waals surface area contributed by atoms with Crippen LogP contribution in [0, 0.1) is 0 Å². The third kappa shape index (κ3) is 5.90. The minimum atomic E-state index is -0.430. The average Bonchev–Trinajstić information content (AvgIpc) is 3.08. The predicted octanol–water partition coefficient (Wildman–Crippen LogP) is 8.12. The van der Waals surface area contributed by atoms with Gasteiger partial charge in [0, 0.05) is 31.2 Å². The van der Waals surface area contributed by atoms with Gasteiger partial charge in [0.1, 0.15) is 6.61 Å². The third-order valence-corrected chi connectivity index (χ3v) is 7.20. The topological polar surface area (TPSA) is 55.8 Å². The van der Waals surface area contributed by atoms with Gasteiger partial charge in [0.15, 0.2) is 11.5 Å². The number of benzene rings is 3. The number of nitrogens with zero attached hydrogens (tertiary/aromatic N) is 1. The molecule has 1 aliphatic rings. The van der Waals surface area contributed by atoms with E-state index in [1.807, 2.05) is 0 Å². The lowest BCUT2D eigenvalue weighted by atomic mass is 10.1. The van der Waals surface area contributed by atoms with Gasteiger partial charge in [0.2, 0.25) is 0 Å². The molecule has 0 atom stereocenters. The summed E-state index contributed by atoms with van der Waals surface area (Å²) in [7, 11) is 1.52. The number of para-hydroxylation sites is 1. The first-order valence-corrected chi connectivity index (χ1v) is 12.5. The SMILES string of the molecule is COc1cccc(/C=C2\SC(=O)N(Cc3ccc(Cl)cc3Cl)C2=O)c1OCc1ccc(Cl)cc1Cl. The number of rotatable bonds is 7. The Kier molecular flexibility index (Phi) is 8.19. The van der Waals surface area contributed by atoms with Gasteiger partial charge in [0.05, 0.1) is 18.6 Å². The number of imide groups is 1. The van der Waals surface area contributed by atoms with Crippen molar-refractivity contribution in [1.82, 2.24) is 4.90 Å². The lowest BCUT2D eigenvalue weighted by Crippen LogP contribution is -2.27. The first kappa shape index (κ1) is 25.7. The molecule has 0 radical (unpaired) electrons. The molecule has 4 rings (SSSR count). The zero-order valence-electron chi connectivity index (χ0n) is 18.2. The number of carbonyl (C=O) groups is 2. The molecule has 0 aliphatic carbocycles. The summed E-state index contributed by atoms with van der Waals surface area (Å²) in [6.45, 7) is 0.183. The van der Waals surface area contributed by atoms with Crippen LogP contribution < -0.4 is 9.47 Å². The van der Waals surface area contributed by atoms with Crippen LogP contribution in [0.15, 0.2) is 59.5 Å². The van der Waals surface area contributed by atoms with E-state index in [0.717, 1.165) is 22.2 Å². The summed E-state index contributed by atoms with van der Waals surface area (Å²) >= 11 is 25.3. The molecule has 1 aliphatic heterocycles. The summed E-state index contributed by atoms with van der Waals surface area (Å²) in [5.74, 6) is 0.449. The van der Waals surface area contributed by atoms with Crippen LogP contribution in [-0.2, 0) is 17.9 Å². The van der Waals surface area contributed by atoms with Gasteiger partial charge in [-0.25, -0.2) is 0 Å². The van der Waals surface area contributed by atoms with Gasteiger partial charge >= 0.3 is 0 Å². The third-order valence-electron chi connectivity index (χ3n) is 5.12. The highest BCUT2D eigenvalue weighted by Crippen LogP contribution is 2.39. The van der Waals surface area contributed by atoms with E-state index in [-0.39, 0.29) is 18.1 Å². The maximum absolute atomic E-state index is 13.1. The number of amides is 2. The van der Waals surface area contributed by atoms with Crippen molar-refractivity contribution >= 4 is 75.4 Å². The lowest BCUT2D eigenvalue weighted by molar-refractivity contribution is -0.123. The van der Waals surface area contributed by atoms with Crippen molar-refractivity contribution in [2.24, 2.45) is 0 Å². The van der Waals surface area contributed by atoms with Crippen LogP contribution in [0.2, 0.25) is 20.1 Å². The van der Waals surface area contributed by atoms with Crippen LogP contribution in [0.3, 0.4) is 0 Å². The first-order chi connectivity index (χ1) is 16.8. The Morgan fingerprint density at radius 3 is 2.20 bits per heavy atom. The Labute approximate surface area is 226 Å². The summed E-state index contributed by atoms with van der Waals surface area (Å²) in [6.07, 6.45) is 1.61. The Morgan fingerprint density at radius 2 is 1.57 bits per heavy atom. The van der Waals surface area contributed by atoms with E-state index < -0.39 is 11.1 Å². The molecule has 0 bridgehead atoms. The standard InChI is InChI=1S/C25H17Cl4NO4S/c1-33-21-4-2-3-14(23(21)34-13-16-6-8-18(27)11-20(16)29)9-22-24(31)30(25(32)35-22)12-15-5-7-17(26)10-19(15)28/h2-11H,12-13H2,1H3/b22-9-. The van der Waals surface area contributed by atoms with E-state index in [4.69, 9.17) is 55.9 Å². The highest BCUT2D eigenvalue weighted by atomic mass is 35.5. The summed E-state index contributed by atoms with van der Waals surface area (Å²) in [4.78, 5) is 27.1. The van der Waals surface area contributed by atoms with Crippen molar-refractivity contribution in [3.8, 4) is 11.5 Å². The van der Waals surface area contributed by atoms with Crippen LogP contribution >= 0.6 is 58.2 Å². The molecule has 35 heavy (non-hydrogen) atoms. The number of methoxy groups -OCH3 is 1. The number of hydrogen-bond donors (Lipinski definition) is 0. The molecule has 0 aromatic heterocycles. The van der Waals surface area contributed by atoms with E-state index >= 15 is 0 Å². The van der Waals surface area contributed by atoms with Gasteiger partial charge in [-0.2, -0.15) is 0 Å². The highest BCUT2D eigenvalue weighted by Gasteiger charge is 2.35. The van der Waals surface area contributed by atoms with Gasteiger partial charge in [-0.3, -0.25) is 14.5 Å². The fourth-order valence-electron chi connectivity index (χ4n) is 3.35. The van der Waals surface area contributed by atoms with Crippen LogP contribution in [0.5, 0.6) is 11.5 Å². The Hall–Kier alpha value is -2.35. The van der Waals surface area contributed by atoms with E-state index in [9.17, 15) is 9.59 Å². The Morgan fingerprint density at radius 1 is 0.914 bits per heavy atom. The minimum Gasteiger partial charge on any atom is -0.493 e. The molecule has 180 valence electrons. The van der Waals surface area contributed by atoms with Crippen LogP contribution in [0.4, 0.5) is 4.79 Å². The van der Waals surface area contributed by atoms with Crippen LogP contribution in [-0.4, -0.2) is 23.2 Å². The summed E-state index contributed by atoms with van der Waals surface area (Å²) in [5, 5.41) is 1.44. The fraction of sp³-hybridized carbons (Fsp3) is 0.120. The quantitative estimate of drug-likeness (QED) is 0.269. The monoisotopic (exact) mass is 567 g/mol.